The van der Waals surface area contributed by atoms with Gasteiger partial charge in [0.05, 0.1) is 18.2 Å². The molecule has 0 amide bonds. The first-order valence-electron chi connectivity index (χ1n) is 7.98. The highest BCUT2D eigenvalue weighted by Gasteiger charge is 2.40. The monoisotopic (exact) mass is 407 g/mol. The highest BCUT2D eigenvalue weighted by atomic mass is 35.5. The van der Waals surface area contributed by atoms with Crippen molar-refractivity contribution in [1.29, 1.82) is 0 Å². The van der Waals surface area contributed by atoms with Gasteiger partial charge in [0.15, 0.2) is 4.93 Å². The number of hydrogen-bond acceptors (Lipinski definition) is 5. The zero-order valence-electron chi connectivity index (χ0n) is 13.6. The first kappa shape index (κ1) is 17.7. The van der Waals surface area contributed by atoms with E-state index < -0.39 is 4.93 Å². The van der Waals surface area contributed by atoms with Crippen LogP contribution < -0.4 is 4.74 Å². The number of rotatable bonds is 5. The third-order valence-corrected chi connectivity index (χ3v) is 5.86. The van der Waals surface area contributed by atoms with Crippen molar-refractivity contribution in [2.75, 3.05) is 12.4 Å². The van der Waals surface area contributed by atoms with Crippen LogP contribution in [0.4, 0.5) is 0 Å². The SMILES string of the molecule is Clc1ccc(Oc2ccc(C3(Cn4cncn4)OCCS3)c(Cl)c2)cc1. The molecule has 0 N–H and O–H groups in total. The smallest absolute Gasteiger partial charge is 0.160 e. The van der Waals surface area contributed by atoms with Crippen molar-refractivity contribution in [2.45, 2.75) is 11.5 Å². The summed E-state index contributed by atoms with van der Waals surface area (Å²) in [6, 6.07) is 12.8. The standard InChI is InChI=1S/C18H15Cl2N3O2S/c19-13-1-3-14(4-2-13)25-15-5-6-16(17(20)9-15)18(24-7-8-26-18)10-23-12-21-11-22-23/h1-6,9,11-12H,7-8,10H2. The van der Waals surface area contributed by atoms with Crippen LogP contribution in [-0.2, 0) is 16.2 Å². The molecule has 5 nitrogen and oxygen atoms in total. The average molecular weight is 408 g/mol. The summed E-state index contributed by atoms with van der Waals surface area (Å²) in [4.78, 5) is 3.42. The fraction of sp³-hybridized carbons (Fsp3) is 0.222. The van der Waals surface area contributed by atoms with Crippen LogP contribution in [0.25, 0.3) is 0 Å². The molecule has 3 aromatic rings. The van der Waals surface area contributed by atoms with Gasteiger partial charge in [-0.2, -0.15) is 5.10 Å². The molecule has 0 aliphatic carbocycles. The lowest BCUT2D eigenvalue weighted by Gasteiger charge is -2.28. The van der Waals surface area contributed by atoms with E-state index in [1.807, 2.05) is 24.3 Å². The molecule has 1 unspecified atom stereocenters. The van der Waals surface area contributed by atoms with Gasteiger partial charge in [-0.05, 0) is 42.5 Å². The number of benzene rings is 2. The Morgan fingerprint density at radius 3 is 2.62 bits per heavy atom. The maximum absolute atomic E-state index is 6.59. The van der Waals surface area contributed by atoms with E-state index in [0.29, 0.717) is 34.7 Å². The molecule has 1 atom stereocenters. The molecule has 0 spiro atoms. The topological polar surface area (TPSA) is 49.2 Å². The minimum absolute atomic E-state index is 0.536. The number of nitrogens with zero attached hydrogens (tertiary/aromatic N) is 3. The van der Waals surface area contributed by atoms with Crippen molar-refractivity contribution in [2.24, 2.45) is 0 Å². The van der Waals surface area contributed by atoms with Crippen LogP contribution >= 0.6 is 35.0 Å². The number of aromatic nitrogens is 3. The summed E-state index contributed by atoms with van der Waals surface area (Å²) < 4.78 is 13.7. The van der Waals surface area contributed by atoms with Crippen molar-refractivity contribution < 1.29 is 9.47 Å². The molecule has 134 valence electrons. The maximum Gasteiger partial charge on any atom is 0.160 e. The summed E-state index contributed by atoms with van der Waals surface area (Å²) in [6.07, 6.45) is 3.19. The van der Waals surface area contributed by atoms with E-state index in [9.17, 15) is 0 Å². The Bertz CT molecular complexity index is 882. The van der Waals surface area contributed by atoms with Crippen LogP contribution in [0.15, 0.2) is 55.1 Å². The molecule has 2 aromatic carbocycles. The number of thioether (sulfide) groups is 1. The minimum atomic E-state index is -0.580. The van der Waals surface area contributed by atoms with Gasteiger partial charge in [-0.15, -0.1) is 11.8 Å². The summed E-state index contributed by atoms with van der Waals surface area (Å²) in [5.41, 5.74) is 0.903. The van der Waals surface area contributed by atoms with Crippen LogP contribution in [0.3, 0.4) is 0 Å². The number of ether oxygens (including phenoxy) is 2. The van der Waals surface area contributed by atoms with E-state index in [0.717, 1.165) is 11.3 Å². The predicted octanol–water partition coefficient (Wildman–Crippen LogP) is 4.99. The third kappa shape index (κ3) is 3.69. The van der Waals surface area contributed by atoms with E-state index in [-0.39, 0.29) is 0 Å². The van der Waals surface area contributed by atoms with E-state index in [1.54, 1.807) is 41.0 Å². The lowest BCUT2D eigenvalue weighted by molar-refractivity contribution is 0.0331. The normalized spacial score (nSPS) is 19.6. The van der Waals surface area contributed by atoms with Crippen LogP contribution in [-0.4, -0.2) is 27.1 Å². The Kier molecular flexibility index (Phi) is 5.09. The number of halogens is 2. The second kappa shape index (κ2) is 7.48. The molecule has 1 aromatic heterocycles. The quantitative estimate of drug-likeness (QED) is 0.595. The molecule has 1 saturated heterocycles. The minimum Gasteiger partial charge on any atom is -0.457 e. The van der Waals surface area contributed by atoms with Crippen LogP contribution in [0.2, 0.25) is 10.0 Å². The molecule has 0 radical (unpaired) electrons. The van der Waals surface area contributed by atoms with Gasteiger partial charge >= 0.3 is 0 Å². The van der Waals surface area contributed by atoms with E-state index in [1.165, 1.54) is 6.33 Å². The summed E-state index contributed by atoms with van der Waals surface area (Å²) in [6.45, 7) is 1.20. The first-order valence-corrected chi connectivity index (χ1v) is 9.73. The van der Waals surface area contributed by atoms with Crippen molar-refractivity contribution in [3.8, 4) is 11.5 Å². The zero-order chi connectivity index (χ0) is 18.0. The van der Waals surface area contributed by atoms with Gasteiger partial charge in [0.25, 0.3) is 0 Å². The maximum atomic E-state index is 6.59. The van der Waals surface area contributed by atoms with Crippen LogP contribution in [0, 0.1) is 0 Å². The molecule has 8 heteroatoms. The summed E-state index contributed by atoms with van der Waals surface area (Å²) in [5, 5.41) is 5.45. The fourth-order valence-electron chi connectivity index (χ4n) is 2.82. The van der Waals surface area contributed by atoms with Gasteiger partial charge in [-0.1, -0.05) is 23.2 Å². The van der Waals surface area contributed by atoms with E-state index >= 15 is 0 Å². The number of hydrogen-bond donors (Lipinski definition) is 0. The molecule has 1 fully saturated rings. The summed E-state index contributed by atoms with van der Waals surface area (Å²) in [5.74, 6) is 2.25. The third-order valence-electron chi connectivity index (χ3n) is 3.99. The Hall–Kier alpha value is -1.73. The Balaban J connectivity index is 1.60. The highest BCUT2D eigenvalue weighted by Crippen LogP contribution is 2.47. The molecule has 4 rings (SSSR count). The van der Waals surface area contributed by atoms with Gasteiger partial charge < -0.3 is 9.47 Å². The first-order chi connectivity index (χ1) is 12.6. The second-order valence-electron chi connectivity index (χ2n) is 5.74. The van der Waals surface area contributed by atoms with Gasteiger partial charge in [0.2, 0.25) is 0 Å². The molecular weight excluding hydrogens is 393 g/mol. The lowest BCUT2D eigenvalue weighted by Crippen LogP contribution is -2.28. The van der Waals surface area contributed by atoms with Crippen molar-refractivity contribution in [3.05, 3.63) is 70.7 Å². The van der Waals surface area contributed by atoms with Gasteiger partial charge in [-0.3, -0.25) is 0 Å². The fourth-order valence-corrected chi connectivity index (χ4v) is 4.55. The highest BCUT2D eigenvalue weighted by molar-refractivity contribution is 8.00. The van der Waals surface area contributed by atoms with E-state index in [2.05, 4.69) is 10.1 Å². The van der Waals surface area contributed by atoms with Crippen LogP contribution in [0.1, 0.15) is 5.56 Å². The van der Waals surface area contributed by atoms with Crippen LogP contribution in [0.5, 0.6) is 11.5 Å². The molecule has 0 saturated carbocycles. The van der Waals surface area contributed by atoms with Gasteiger partial charge in [-0.25, -0.2) is 9.67 Å². The molecule has 1 aliphatic heterocycles. The molecule has 1 aliphatic rings. The Morgan fingerprint density at radius 1 is 1.15 bits per heavy atom. The molecule has 26 heavy (non-hydrogen) atoms. The van der Waals surface area contributed by atoms with Crippen molar-refractivity contribution in [3.63, 3.8) is 0 Å². The average Bonchev–Trinajstić information content (AvgIpc) is 3.30. The van der Waals surface area contributed by atoms with Crippen molar-refractivity contribution >= 4 is 35.0 Å². The zero-order valence-corrected chi connectivity index (χ0v) is 16.0. The molecule has 0 bridgehead atoms. The predicted molar refractivity (Wildman–Crippen MR) is 103 cm³/mol. The summed E-state index contributed by atoms with van der Waals surface area (Å²) in [7, 11) is 0. The van der Waals surface area contributed by atoms with E-state index in [4.69, 9.17) is 32.7 Å². The molecular formula is C18H15Cl2N3O2S. The van der Waals surface area contributed by atoms with Gasteiger partial charge in [0.1, 0.15) is 24.2 Å². The van der Waals surface area contributed by atoms with Crippen molar-refractivity contribution in [1.82, 2.24) is 14.8 Å². The molecule has 2 heterocycles. The van der Waals surface area contributed by atoms with Gasteiger partial charge in [0, 0.05) is 16.3 Å². The summed E-state index contributed by atoms with van der Waals surface area (Å²) >= 11 is 14.2. The largest absolute Gasteiger partial charge is 0.457 e. The Labute approximate surface area is 165 Å². The second-order valence-corrected chi connectivity index (χ2v) is 7.94. The Morgan fingerprint density at radius 2 is 1.96 bits per heavy atom. The lowest BCUT2D eigenvalue weighted by atomic mass is 10.1.